The predicted octanol–water partition coefficient (Wildman–Crippen LogP) is 2.23. The summed E-state index contributed by atoms with van der Waals surface area (Å²) in [6.07, 6.45) is 0.446. The molecule has 1 unspecified atom stereocenters. The lowest BCUT2D eigenvalue weighted by Gasteiger charge is -2.17. The summed E-state index contributed by atoms with van der Waals surface area (Å²) in [4.78, 5) is 12.0. The maximum absolute atomic E-state index is 12.0. The molecule has 6 heteroatoms. The molecule has 0 aromatic heterocycles. The minimum Gasteiger partial charge on any atom is -0.396 e. The number of carbonyl (C=O) groups is 1. The molecule has 18 heavy (non-hydrogen) atoms. The lowest BCUT2D eigenvalue weighted by Crippen LogP contribution is -2.38. The van der Waals surface area contributed by atoms with Crippen LogP contribution in [0.25, 0.3) is 0 Å². The summed E-state index contributed by atoms with van der Waals surface area (Å²) in [7, 11) is 1.55. The summed E-state index contributed by atoms with van der Waals surface area (Å²) >= 11 is 9.16. The number of hydrogen-bond donors (Lipinski definition) is 2. The summed E-state index contributed by atoms with van der Waals surface area (Å²) in [6.45, 7) is 0.349. The van der Waals surface area contributed by atoms with Crippen molar-refractivity contribution in [2.45, 2.75) is 12.5 Å². The molecule has 1 amide bonds. The van der Waals surface area contributed by atoms with Crippen molar-refractivity contribution in [2.75, 3.05) is 20.3 Å². The number of methoxy groups -OCH3 is 1. The Hall–Kier alpha value is -0.620. The number of aliphatic hydroxyl groups is 1. The third kappa shape index (κ3) is 4.94. The van der Waals surface area contributed by atoms with E-state index >= 15 is 0 Å². The highest BCUT2D eigenvalue weighted by molar-refractivity contribution is 9.10. The van der Waals surface area contributed by atoms with Crippen molar-refractivity contribution in [2.24, 2.45) is 0 Å². The van der Waals surface area contributed by atoms with Gasteiger partial charge in [-0.05, 0) is 24.6 Å². The summed E-state index contributed by atoms with van der Waals surface area (Å²) in [5, 5.41) is 12.2. The van der Waals surface area contributed by atoms with E-state index in [0.717, 1.165) is 4.47 Å². The number of rotatable bonds is 6. The molecule has 4 nitrogen and oxygen atoms in total. The highest BCUT2D eigenvalue weighted by atomic mass is 79.9. The Morgan fingerprint density at radius 1 is 1.56 bits per heavy atom. The van der Waals surface area contributed by atoms with E-state index in [4.69, 9.17) is 21.4 Å². The summed E-state index contributed by atoms with van der Waals surface area (Å²) in [5.74, 6) is -0.242. The number of benzene rings is 1. The normalized spacial score (nSPS) is 12.2. The number of aliphatic hydroxyl groups excluding tert-OH is 1. The Labute approximate surface area is 119 Å². The zero-order chi connectivity index (χ0) is 13.5. The fraction of sp³-hybridized carbons (Fsp3) is 0.417. The van der Waals surface area contributed by atoms with E-state index in [0.29, 0.717) is 23.6 Å². The third-order valence-corrected chi connectivity index (χ3v) is 2.98. The average molecular weight is 337 g/mol. The van der Waals surface area contributed by atoms with Crippen LogP contribution in [0.5, 0.6) is 0 Å². The van der Waals surface area contributed by atoms with Gasteiger partial charge in [0.05, 0.1) is 12.6 Å². The Morgan fingerprint density at radius 3 is 2.83 bits per heavy atom. The molecule has 0 saturated heterocycles. The number of amides is 1. The van der Waals surface area contributed by atoms with Gasteiger partial charge in [-0.15, -0.1) is 0 Å². The van der Waals surface area contributed by atoms with E-state index in [-0.39, 0.29) is 18.6 Å². The lowest BCUT2D eigenvalue weighted by molar-refractivity contribution is 0.0878. The molecule has 100 valence electrons. The molecule has 0 radical (unpaired) electrons. The highest BCUT2D eigenvalue weighted by Gasteiger charge is 2.14. The number of ether oxygens (including phenoxy) is 1. The topological polar surface area (TPSA) is 58.6 Å². The first-order valence-corrected chi connectivity index (χ1v) is 6.60. The second-order valence-electron chi connectivity index (χ2n) is 3.80. The van der Waals surface area contributed by atoms with Gasteiger partial charge in [-0.2, -0.15) is 0 Å². The van der Waals surface area contributed by atoms with Crippen molar-refractivity contribution < 1.29 is 14.6 Å². The van der Waals surface area contributed by atoms with Gasteiger partial charge in [0, 0.05) is 28.8 Å². The second-order valence-corrected chi connectivity index (χ2v) is 5.15. The maximum Gasteiger partial charge on any atom is 0.251 e. The molecule has 1 atom stereocenters. The van der Waals surface area contributed by atoms with Crippen LogP contribution >= 0.6 is 27.5 Å². The molecular weight excluding hydrogens is 321 g/mol. The highest BCUT2D eigenvalue weighted by Crippen LogP contribution is 2.19. The van der Waals surface area contributed by atoms with Crippen LogP contribution in [0.4, 0.5) is 0 Å². The maximum atomic E-state index is 12.0. The smallest absolute Gasteiger partial charge is 0.251 e. The number of halogens is 2. The molecule has 2 N–H and O–H groups in total. The van der Waals surface area contributed by atoms with E-state index < -0.39 is 0 Å². The molecule has 1 aromatic carbocycles. The largest absolute Gasteiger partial charge is 0.396 e. The van der Waals surface area contributed by atoms with Crippen LogP contribution in [0.3, 0.4) is 0 Å². The van der Waals surface area contributed by atoms with Gasteiger partial charge in [-0.1, -0.05) is 27.5 Å². The SMILES string of the molecule is COCC(CCO)NC(=O)c1cc(Cl)cc(Br)c1. The lowest BCUT2D eigenvalue weighted by atomic mass is 10.1. The zero-order valence-electron chi connectivity index (χ0n) is 9.95. The van der Waals surface area contributed by atoms with Crippen molar-refractivity contribution in [3.8, 4) is 0 Å². The fourth-order valence-electron chi connectivity index (χ4n) is 1.51. The van der Waals surface area contributed by atoms with Crippen molar-refractivity contribution in [1.82, 2.24) is 5.32 Å². The van der Waals surface area contributed by atoms with Gasteiger partial charge >= 0.3 is 0 Å². The molecule has 0 aliphatic rings. The molecule has 1 rings (SSSR count). The minimum absolute atomic E-state index is 0.00640. The minimum atomic E-state index is -0.242. The van der Waals surface area contributed by atoms with Crippen molar-refractivity contribution >= 4 is 33.4 Å². The summed E-state index contributed by atoms with van der Waals surface area (Å²) in [5.41, 5.74) is 0.466. The van der Waals surface area contributed by atoms with Crippen LogP contribution in [0.15, 0.2) is 22.7 Å². The monoisotopic (exact) mass is 335 g/mol. The van der Waals surface area contributed by atoms with Crippen molar-refractivity contribution in [1.29, 1.82) is 0 Å². The van der Waals surface area contributed by atoms with Gasteiger partial charge in [0.25, 0.3) is 5.91 Å². The Morgan fingerprint density at radius 2 is 2.28 bits per heavy atom. The Kier molecular flexibility index (Phi) is 6.63. The molecule has 1 aromatic rings. The molecule has 0 aliphatic heterocycles. The van der Waals surface area contributed by atoms with Crippen LogP contribution in [0, 0.1) is 0 Å². The quantitative estimate of drug-likeness (QED) is 0.837. The van der Waals surface area contributed by atoms with Crippen molar-refractivity contribution in [3.05, 3.63) is 33.3 Å². The zero-order valence-corrected chi connectivity index (χ0v) is 12.3. The Bertz CT molecular complexity index is 388. The van der Waals surface area contributed by atoms with Gasteiger partial charge < -0.3 is 15.2 Å². The van der Waals surface area contributed by atoms with E-state index in [2.05, 4.69) is 21.2 Å². The first-order chi connectivity index (χ1) is 8.56. The predicted molar refractivity (Wildman–Crippen MR) is 74.0 cm³/mol. The molecule has 0 heterocycles. The van der Waals surface area contributed by atoms with Crippen LogP contribution < -0.4 is 5.32 Å². The number of nitrogens with one attached hydrogen (secondary N) is 1. The summed E-state index contributed by atoms with van der Waals surface area (Å²) in [6, 6.07) is 4.76. The van der Waals surface area contributed by atoms with Gasteiger partial charge in [0.15, 0.2) is 0 Å². The van der Waals surface area contributed by atoms with E-state index in [1.165, 1.54) is 0 Å². The molecule has 0 saturated carbocycles. The molecule has 0 fully saturated rings. The van der Waals surface area contributed by atoms with E-state index in [1.54, 1.807) is 25.3 Å². The first-order valence-electron chi connectivity index (χ1n) is 5.43. The number of hydrogen-bond acceptors (Lipinski definition) is 3. The van der Waals surface area contributed by atoms with Gasteiger partial charge in [0.1, 0.15) is 0 Å². The standard InChI is InChI=1S/C12H15BrClNO3/c1-18-7-11(2-3-16)15-12(17)8-4-9(13)6-10(14)5-8/h4-6,11,16H,2-3,7H2,1H3,(H,15,17). The van der Waals surface area contributed by atoms with E-state index in [1.807, 2.05) is 0 Å². The fourth-order valence-corrected chi connectivity index (χ4v) is 2.37. The van der Waals surface area contributed by atoms with E-state index in [9.17, 15) is 4.79 Å². The first kappa shape index (κ1) is 15.4. The van der Waals surface area contributed by atoms with Gasteiger partial charge in [-0.25, -0.2) is 0 Å². The van der Waals surface area contributed by atoms with Crippen LogP contribution in [0.1, 0.15) is 16.8 Å². The van der Waals surface area contributed by atoms with Gasteiger partial charge in [0.2, 0.25) is 0 Å². The molecular formula is C12H15BrClNO3. The summed E-state index contributed by atoms with van der Waals surface area (Å²) < 4.78 is 5.72. The van der Waals surface area contributed by atoms with Crippen LogP contribution in [-0.4, -0.2) is 37.4 Å². The molecule has 0 aliphatic carbocycles. The van der Waals surface area contributed by atoms with Gasteiger partial charge in [-0.3, -0.25) is 4.79 Å². The number of carbonyl (C=O) groups excluding carboxylic acids is 1. The molecule has 0 bridgehead atoms. The Balaban J connectivity index is 2.73. The molecule has 0 spiro atoms. The average Bonchev–Trinajstić information content (AvgIpc) is 2.28. The third-order valence-electron chi connectivity index (χ3n) is 2.31. The second kappa shape index (κ2) is 7.74. The van der Waals surface area contributed by atoms with Crippen molar-refractivity contribution in [3.63, 3.8) is 0 Å². The van der Waals surface area contributed by atoms with Crippen LogP contribution in [-0.2, 0) is 4.74 Å². The van der Waals surface area contributed by atoms with Crippen LogP contribution in [0.2, 0.25) is 5.02 Å².